The van der Waals surface area contributed by atoms with Crippen LogP contribution in [-0.4, -0.2) is 30.3 Å². The first-order valence-electron chi connectivity index (χ1n) is 7.94. The van der Waals surface area contributed by atoms with Gasteiger partial charge in [0.15, 0.2) is 6.61 Å². The van der Waals surface area contributed by atoms with E-state index >= 15 is 0 Å². The molecule has 1 aliphatic rings. The van der Waals surface area contributed by atoms with E-state index in [0.717, 1.165) is 12.0 Å². The van der Waals surface area contributed by atoms with Crippen LogP contribution in [0.3, 0.4) is 0 Å². The van der Waals surface area contributed by atoms with Crippen LogP contribution in [0.1, 0.15) is 18.0 Å². The number of anilines is 1. The Morgan fingerprint density at radius 2 is 1.81 bits per heavy atom. The highest BCUT2D eigenvalue weighted by molar-refractivity contribution is 6.30. The third-order valence-corrected chi connectivity index (χ3v) is 4.30. The Morgan fingerprint density at radius 3 is 2.35 bits per heavy atom. The second-order valence-electron chi connectivity index (χ2n) is 5.91. The number of alkyl halides is 3. The fraction of sp³-hybridized carbons (Fsp3) is 0.278. The molecular formula is C18H16ClF3N2O2. The highest BCUT2D eigenvalue weighted by atomic mass is 35.5. The number of halogens is 4. The zero-order valence-corrected chi connectivity index (χ0v) is 14.3. The van der Waals surface area contributed by atoms with Crippen LogP contribution in [0.15, 0.2) is 48.5 Å². The molecule has 0 spiro atoms. The maximum atomic E-state index is 12.4. The Labute approximate surface area is 153 Å². The molecule has 1 heterocycles. The first kappa shape index (κ1) is 18.4. The van der Waals surface area contributed by atoms with Gasteiger partial charge in [-0.2, -0.15) is 13.2 Å². The van der Waals surface area contributed by atoms with Gasteiger partial charge in [-0.3, -0.25) is 0 Å². The number of benzene rings is 2. The number of ether oxygens (including phenoxy) is 1. The van der Waals surface area contributed by atoms with Gasteiger partial charge >= 0.3 is 12.2 Å². The largest absolute Gasteiger partial charge is 0.484 e. The lowest BCUT2D eigenvalue weighted by molar-refractivity contribution is -0.153. The smallest absolute Gasteiger partial charge is 0.422 e. The van der Waals surface area contributed by atoms with Crippen molar-refractivity contribution in [3.63, 3.8) is 0 Å². The summed E-state index contributed by atoms with van der Waals surface area (Å²) in [6, 6.07) is 12.8. The molecule has 1 unspecified atom stereocenters. The van der Waals surface area contributed by atoms with Gasteiger partial charge in [0.25, 0.3) is 0 Å². The van der Waals surface area contributed by atoms with Crippen molar-refractivity contribution in [1.82, 2.24) is 4.90 Å². The molecule has 0 aliphatic carbocycles. The summed E-state index contributed by atoms with van der Waals surface area (Å²) in [5, 5.41) is 3.37. The van der Waals surface area contributed by atoms with Crippen LogP contribution >= 0.6 is 11.6 Å². The molecule has 1 atom stereocenters. The van der Waals surface area contributed by atoms with Crippen molar-refractivity contribution in [2.24, 2.45) is 0 Å². The van der Waals surface area contributed by atoms with E-state index < -0.39 is 12.8 Å². The fourth-order valence-corrected chi connectivity index (χ4v) is 2.78. The zero-order valence-electron chi connectivity index (χ0n) is 13.6. The van der Waals surface area contributed by atoms with Gasteiger partial charge in [0, 0.05) is 17.3 Å². The predicted octanol–water partition coefficient (Wildman–Crippen LogP) is 5.26. The molecule has 138 valence electrons. The van der Waals surface area contributed by atoms with Crippen LogP contribution in [-0.2, 0) is 0 Å². The molecule has 3 rings (SSSR count). The number of nitrogens with zero attached hydrogens (tertiary/aromatic N) is 1. The third-order valence-electron chi connectivity index (χ3n) is 4.04. The van der Waals surface area contributed by atoms with Crippen LogP contribution in [0, 0.1) is 0 Å². The third kappa shape index (κ3) is 4.60. The van der Waals surface area contributed by atoms with Crippen molar-refractivity contribution in [3.8, 4) is 5.75 Å². The molecule has 2 aromatic rings. The normalized spacial score (nSPS) is 16.8. The Morgan fingerprint density at radius 1 is 1.15 bits per heavy atom. The molecule has 0 bridgehead atoms. The minimum atomic E-state index is -4.39. The molecule has 0 aromatic heterocycles. The van der Waals surface area contributed by atoms with Crippen LogP contribution in [0.5, 0.6) is 5.75 Å². The number of carbonyl (C=O) groups excluding carboxylic acids is 1. The first-order chi connectivity index (χ1) is 12.3. The molecule has 0 saturated carbocycles. The van der Waals surface area contributed by atoms with Crippen LogP contribution in [0.4, 0.5) is 23.7 Å². The topological polar surface area (TPSA) is 41.6 Å². The number of carbonyl (C=O) groups is 1. The average Bonchev–Trinajstić information content (AvgIpc) is 2.54. The van der Waals surface area contributed by atoms with E-state index in [1.54, 1.807) is 17.0 Å². The summed E-state index contributed by atoms with van der Waals surface area (Å²) >= 11 is 5.88. The second kappa shape index (κ2) is 7.45. The number of hydrogen-bond acceptors (Lipinski definition) is 2. The second-order valence-corrected chi connectivity index (χ2v) is 6.34. The van der Waals surface area contributed by atoms with Crippen molar-refractivity contribution in [3.05, 3.63) is 59.1 Å². The Hall–Kier alpha value is -2.41. The van der Waals surface area contributed by atoms with Gasteiger partial charge in [0.2, 0.25) is 0 Å². The van der Waals surface area contributed by atoms with E-state index in [2.05, 4.69) is 10.1 Å². The summed E-state index contributed by atoms with van der Waals surface area (Å²) in [6.45, 7) is -0.721. The number of rotatable bonds is 4. The van der Waals surface area contributed by atoms with Crippen LogP contribution in [0.25, 0.3) is 0 Å². The highest BCUT2D eigenvalue weighted by Gasteiger charge is 2.33. The maximum Gasteiger partial charge on any atom is 0.422 e. The van der Waals surface area contributed by atoms with E-state index in [-0.39, 0.29) is 17.8 Å². The lowest BCUT2D eigenvalue weighted by atomic mass is 9.95. The molecule has 2 aromatic carbocycles. The summed E-state index contributed by atoms with van der Waals surface area (Å²) in [4.78, 5) is 14.1. The van der Waals surface area contributed by atoms with Crippen molar-refractivity contribution in [2.75, 3.05) is 18.5 Å². The summed E-state index contributed by atoms with van der Waals surface area (Å²) in [5.74, 6) is 0.0864. The predicted molar refractivity (Wildman–Crippen MR) is 92.5 cm³/mol. The van der Waals surface area contributed by atoms with Crippen molar-refractivity contribution < 1.29 is 22.7 Å². The van der Waals surface area contributed by atoms with Crippen LogP contribution < -0.4 is 10.1 Å². The molecule has 1 aliphatic heterocycles. The van der Waals surface area contributed by atoms with E-state index in [9.17, 15) is 18.0 Å². The number of urea groups is 1. The Kier molecular flexibility index (Phi) is 5.27. The first-order valence-corrected chi connectivity index (χ1v) is 8.32. The molecule has 1 saturated heterocycles. The molecule has 4 nitrogen and oxygen atoms in total. The minimum Gasteiger partial charge on any atom is -0.484 e. The standard InChI is InChI=1S/C18H16ClF3N2O2/c19-13-3-1-12(2-4-13)16-9-10-24(16)17(25)23-14-5-7-15(8-6-14)26-11-18(20,21)22/h1-8,16H,9-11H2,(H,23,25). The fourth-order valence-electron chi connectivity index (χ4n) is 2.66. The van der Waals surface area contributed by atoms with Gasteiger partial charge in [-0.15, -0.1) is 0 Å². The number of nitrogens with one attached hydrogen (secondary N) is 1. The molecular weight excluding hydrogens is 369 g/mol. The van der Waals surface area contributed by atoms with Gasteiger partial charge in [0.05, 0.1) is 6.04 Å². The minimum absolute atomic E-state index is 0.0124. The zero-order chi connectivity index (χ0) is 18.7. The van der Waals surface area contributed by atoms with Crippen LogP contribution in [0.2, 0.25) is 5.02 Å². The summed E-state index contributed by atoms with van der Waals surface area (Å²) in [7, 11) is 0. The van der Waals surface area contributed by atoms with E-state index in [4.69, 9.17) is 11.6 Å². The number of hydrogen-bond donors (Lipinski definition) is 1. The quantitative estimate of drug-likeness (QED) is 0.781. The summed E-state index contributed by atoms with van der Waals surface area (Å²) in [6.07, 6.45) is -3.53. The van der Waals surface area contributed by atoms with E-state index in [1.165, 1.54) is 24.3 Å². The van der Waals surface area contributed by atoms with E-state index in [0.29, 0.717) is 17.3 Å². The van der Waals surface area contributed by atoms with Crippen molar-refractivity contribution in [1.29, 1.82) is 0 Å². The Balaban J connectivity index is 1.57. The molecule has 2 amide bonds. The van der Waals surface area contributed by atoms with Gasteiger partial charge < -0.3 is 15.0 Å². The van der Waals surface area contributed by atoms with Gasteiger partial charge in [-0.1, -0.05) is 23.7 Å². The van der Waals surface area contributed by atoms with Gasteiger partial charge in [-0.25, -0.2) is 4.79 Å². The summed E-state index contributed by atoms with van der Waals surface area (Å²) in [5.41, 5.74) is 1.49. The van der Waals surface area contributed by atoms with Gasteiger partial charge in [0.1, 0.15) is 5.75 Å². The molecule has 1 fully saturated rings. The van der Waals surface area contributed by atoms with E-state index in [1.807, 2.05) is 12.1 Å². The van der Waals surface area contributed by atoms with Crippen molar-refractivity contribution in [2.45, 2.75) is 18.6 Å². The molecule has 0 radical (unpaired) electrons. The lowest BCUT2D eigenvalue weighted by Gasteiger charge is -2.41. The van der Waals surface area contributed by atoms with Crippen molar-refractivity contribution >= 4 is 23.3 Å². The monoisotopic (exact) mass is 384 g/mol. The molecule has 8 heteroatoms. The number of likely N-dealkylation sites (tertiary alicyclic amines) is 1. The highest BCUT2D eigenvalue weighted by Crippen LogP contribution is 2.34. The summed E-state index contributed by atoms with van der Waals surface area (Å²) < 4.78 is 41.0. The lowest BCUT2D eigenvalue weighted by Crippen LogP contribution is -2.47. The van der Waals surface area contributed by atoms with Gasteiger partial charge in [-0.05, 0) is 48.4 Å². The molecule has 1 N–H and O–H groups in total. The average molecular weight is 385 g/mol. The maximum absolute atomic E-state index is 12.4. The SMILES string of the molecule is O=C(Nc1ccc(OCC(F)(F)F)cc1)N1CCC1c1ccc(Cl)cc1. The Bertz CT molecular complexity index is 764. The number of amides is 2. The molecule has 26 heavy (non-hydrogen) atoms.